The summed E-state index contributed by atoms with van der Waals surface area (Å²) in [5, 5.41) is 4.71. The highest BCUT2D eigenvalue weighted by molar-refractivity contribution is 9.10. The van der Waals surface area contributed by atoms with Gasteiger partial charge >= 0.3 is 0 Å². The predicted octanol–water partition coefficient (Wildman–Crippen LogP) is 4.50. The molecule has 0 aliphatic heterocycles. The Labute approximate surface area is 117 Å². The fraction of sp³-hybridized carbons (Fsp3) is 0.0833. The number of alkyl halides is 1. The Morgan fingerprint density at radius 2 is 2.24 bits per heavy atom. The van der Waals surface area contributed by atoms with Gasteiger partial charge in [0.2, 0.25) is 0 Å². The minimum atomic E-state index is -0.112. The van der Waals surface area contributed by atoms with Gasteiger partial charge in [0.05, 0.1) is 0 Å². The maximum Gasteiger partial charge on any atom is 0.266 e. The van der Waals surface area contributed by atoms with Crippen LogP contribution in [0.1, 0.15) is 15.2 Å². The van der Waals surface area contributed by atoms with E-state index in [-0.39, 0.29) is 5.91 Å². The lowest BCUT2D eigenvalue weighted by molar-refractivity contribution is 0.103. The van der Waals surface area contributed by atoms with E-state index in [2.05, 4.69) is 21.2 Å². The first-order valence-electron chi connectivity index (χ1n) is 4.90. The van der Waals surface area contributed by atoms with Gasteiger partial charge in [-0.2, -0.15) is 0 Å². The fourth-order valence-corrected chi connectivity index (χ4v) is 2.99. The van der Waals surface area contributed by atoms with Crippen LogP contribution < -0.4 is 5.32 Å². The van der Waals surface area contributed by atoms with E-state index < -0.39 is 0 Å². The molecule has 2 rings (SSSR count). The van der Waals surface area contributed by atoms with Crippen molar-refractivity contribution in [3.8, 4) is 0 Å². The van der Waals surface area contributed by atoms with Crippen LogP contribution in [0.25, 0.3) is 0 Å². The van der Waals surface area contributed by atoms with Crippen LogP contribution in [-0.2, 0) is 5.88 Å². The van der Waals surface area contributed by atoms with E-state index in [1.807, 2.05) is 35.7 Å². The van der Waals surface area contributed by atoms with Crippen LogP contribution in [0.5, 0.6) is 0 Å². The highest BCUT2D eigenvalue weighted by atomic mass is 79.9. The number of thiophene rings is 1. The highest BCUT2D eigenvalue weighted by Gasteiger charge is 2.11. The van der Waals surface area contributed by atoms with Crippen molar-refractivity contribution in [2.24, 2.45) is 0 Å². The zero-order valence-electron chi connectivity index (χ0n) is 8.74. The van der Waals surface area contributed by atoms with Gasteiger partial charge in [0.25, 0.3) is 5.91 Å². The molecule has 0 unspecified atom stereocenters. The van der Waals surface area contributed by atoms with Gasteiger partial charge in [-0.1, -0.05) is 12.1 Å². The van der Waals surface area contributed by atoms with Gasteiger partial charge in [0, 0.05) is 16.0 Å². The number of hydrogen-bond acceptors (Lipinski definition) is 2. The number of benzene rings is 1. The molecule has 1 heterocycles. The minimum Gasteiger partial charge on any atom is -0.321 e. The van der Waals surface area contributed by atoms with E-state index in [9.17, 15) is 4.79 Å². The average Bonchev–Trinajstić information content (AvgIpc) is 2.76. The van der Waals surface area contributed by atoms with Crippen LogP contribution >= 0.6 is 38.9 Å². The maximum absolute atomic E-state index is 11.9. The third kappa shape index (κ3) is 3.09. The first-order chi connectivity index (χ1) is 8.20. The van der Waals surface area contributed by atoms with Gasteiger partial charge < -0.3 is 5.32 Å². The van der Waals surface area contributed by atoms with Crippen LogP contribution in [0.4, 0.5) is 5.69 Å². The van der Waals surface area contributed by atoms with E-state index in [1.54, 1.807) is 0 Å². The van der Waals surface area contributed by atoms with Crippen molar-refractivity contribution >= 4 is 50.5 Å². The molecule has 5 heteroatoms. The number of hydrogen-bond donors (Lipinski definition) is 1. The summed E-state index contributed by atoms with van der Waals surface area (Å²) in [7, 11) is 0. The lowest BCUT2D eigenvalue weighted by atomic mass is 10.2. The summed E-state index contributed by atoms with van der Waals surface area (Å²) in [6, 6.07) is 9.36. The van der Waals surface area contributed by atoms with Crippen molar-refractivity contribution in [3.63, 3.8) is 0 Å². The van der Waals surface area contributed by atoms with Gasteiger partial charge in [0.1, 0.15) is 4.88 Å². The lowest BCUT2D eigenvalue weighted by Crippen LogP contribution is -2.10. The Bertz CT molecular complexity index is 541. The van der Waals surface area contributed by atoms with Crippen molar-refractivity contribution < 1.29 is 4.79 Å². The molecule has 0 aliphatic rings. The molecule has 0 saturated carbocycles. The summed E-state index contributed by atoms with van der Waals surface area (Å²) >= 11 is 10.5. The zero-order chi connectivity index (χ0) is 12.3. The van der Waals surface area contributed by atoms with Gasteiger partial charge in [0.15, 0.2) is 0 Å². The molecule has 0 atom stereocenters. The van der Waals surface area contributed by atoms with Crippen molar-refractivity contribution in [1.29, 1.82) is 0 Å². The van der Waals surface area contributed by atoms with Crippen LogP contribution in [0, 0.1) is 0 Å². The Balaban J connectivity index is 2.16. The van der Waals surface area contributed by atoms with Gasteiger partial charge in [-0.15, -0.1) is 22.9 Å². The standard InChI is InChI=1S/C12H9BrClNOS/c13-10-4-5-17-11(10)12(16)15-9-3-1-2-8(6-9)7-14/h1-6H,7H2,(H,15,16). The molecule has 0 saturated heterocycles. The van der Waals surface area contributed by atoms with E-state index in [1.165, 1.54) is 11.3 Å². The maximum atomic E-state index is 11.9. The van der Waals surface area contributed by atoms with E-state index in [4.69, 9.17) is 11.6 Å². The molecule has 0 bridgehead atoms. The normalized spacial score (nSPS) is 10.2. The van der Waals surface area contributed by atoms with E-state index in [0.29, 0.717) is 10.8 Å². The topological polar surface area (TPSA) is 29.1 Å². The van der Waals surface area contributed by atoms with Crippen LogP contribution in [0.2, 0.25) is 0 Å². The molecule has 1 amide bonds. The van der Waals surface area contributed by atoms with Crippen molar-refractivity contribution in [2.45, 2.75) is 5.88 Å². The summed E-state index contributed by atoms with van der Waals surface area (Å²) in [6.45, 7) is 0. The third-order valence-electron chi connectivity index (χ3n) is 2.16. The molecule has 0 aliphatic carbocycles. The molecule has 2 aromatic rings. The van der Waals surface area contributed by atoms with Crippen molar-refractivity contribution in [3.05, 3.63) is 50.6 Å². The monoisotopic (exact) mass is 329 g/mol. The second-order valence-corrected chi connectivity index (χ2v) is 5.42. The molecule has 2 nitrogen and oxygen atoms in total. The largest absolute Gasteiger partial charge is 0.321 e. The first-order valence-corrected chi connectivity index (χ1v) is 7.10. The smallest absolute Gasteiger partial charge is 0.266 e. The number of rotatable bonds is 3. The third-order valence-corrected chi connectivity index (χ3v) is 4.31. The Morgan fingerprint density at radius 1 is 1.41 bits per heavy atom. The molecule has 0 radical (unpaired) electrons. The molecule has 0 fully saturated rings. The lowest BCUT2D eigenvalue weighted by Gasteiger charge is -2.05. The van der Waals surface area contributed by atoms with Crippen LogP contribution in [0.15, 0.2) is 40.2 Å². The summed E-state index contributed by atoms with van der Waals surface area (Å²) in [5.74, 6) is 0.325. The Morgan fingerprint density at radius 3 is 2.88 bits per heavy atom. The number of amides is 1. The fourth-order valence-electron chi connectivity index (χ4n) is 1.38. The summed E-state index contributed by atoms with van der Waals surface area (Å²) in [4.78, 5) is 12.6. The molecule has 1 N–H and O–H groups in total. The SMILES string of the molecule is O=C(Nc1cccc(CCl)c1)c1sccc1Br. The quantitative estimate of drug-likeness (QED) is 0.825. The Hall–Kier alpha value is -0.840. The molecule has 0 spiro atoms. The Kier molecular flexibility index (Phi) is 4.20. The van der Waals surface area contributed by atoms with Crippen molar-refractivity contribution in [2.75, 3.05) is 5.32 Å². The first kappa shape index (κ1) is 12.6. The van der Waals surface area contributed by atoms with Gasteiger partial charge in [-0.25, -0.2) is 0 Å². The van der Waals surface area contributed by atoms with Gasteiger partial charge in [-0.3, -0.25) is 4.79 Å². The van der Waals surface area contributed by atoms with Crippen molar-refractivity contribution in [1.82, 2.24) is 0 Å². The second-order valence-electron chi connectivity index (χ2n) is 3.39. The molecular weight excluding hydrogens is 322 g/mol. The molecule has 17 heavy (non-hydrogen) atoms. The number of nitrogens with one attached hydrogen (secondary N) is 1. The second kappa shape index (κ2) is 5.67. The number of anilines is 1. The van der Waals surface area contributed by atoms with E-state index >= 15 is 0 Å². The average molecular weight is 331 g/mol. The highest BCUT2D eigenvalue weighted by Crippen LogP contribution is 2.24. The molecule has 1 aromatic heterocycles. The number of halogens is 2. The summed E-state index contributed by atoms with van der Waals surface area (Å²) in [6.07, 6.45) is 0. The molecule has 1 aromatic carbocycles. The number of carbonyl (C=O) groups excluding carboxylic acids is 1. The van der Waals surface area contributed by atoms with Gasteiger partial charge in [-0.05, 0) is 45.1 Å². The van der Waals surface area contributed by atoms with Crippen LogP contribution in [-0.4, -0.2) is 5.91 Å². The molecular formula is C12H9BrClNOS. The molecule has 88 valence electrons. The van der Waals surface area contributed by atoms with E-state index in [0.717, 1.165) is 15.7 Å². The predicted molar refractivity (Wildman–Crippen MR) is 76.0 cm³/mol. The summed E-state index contributed by atoms with van der Waals surface area (Å²) in [5.41, 5.74) is 1.74. The number of carbonyl (C=O) groups is 1. The summed E-state index contributed by atoms with van der Waals surface area (Å²) < 4.78 is 0.813. The minimum absolute atomic E-state index is 0.112. The van der Waals surface area contributed by atoms with Crippen LogP contribution in [0.3, 0.4) is 0 Å². The zero-order valence-corrected chi connectivity index (χ0v) is 11.9.